The van der Waals surface area contributed by atoms with E-state index in [1.807, 2.05) is 0 Å². The van der Waals surface area contributed by atoms with Crippen molar-refractivity contribution in [1.82, 2.24) is 9.21 Å². The van der Waals surface area contributed by atoms with Crippen LogP contribution in [-0.4, -0.2) is 49.3 Å². The van der Waals surface area contributed by atoms with Crippen LogP contribution >= 0.6 is 0 Å². The number of benzene rings is 2. The average molecular weight is 569 g/mol. The highest BCUT2D eigenvalue weighted by Crippen LogP contribution is 2.31. The lowest BCUT2D eigenvalue weighted by atomic mass is 10.2. The quantitative estimate of drug-likeness (QED) is 0.317. The Morgan fingerprint density at radius 2 is 1.79 bits per heavy atom. The molecule has 0 bridgehead atoms. The van der Waals surface area contributed by atoms with E-state index < -0.39 is 51.0 Å². The average Bonchev–Trinajstić information content (AvgIpc) is 3.55. The van der Waals surface area contributed by atoms with Crippen LogP contribution in [-0.2, 0) is 38.8 Å². The van der Waals surface area contributed by atoms with Crippen molar-refractivity contribution in [1.29, 1.82) is 0 Å². The van der Waals surface area contributed by atoms with Crippen LogP contribution < -0.4 is 0 Å². The van der Waals surface area contributed by atoms with Gasteiger partial charge in [0.05, 0.1) is 29.7 Å². The summed E-state index contributed by atoms with van der Waals surface area (Å²) in [6.45, 7) is 1.34. The number of hydrogen-bond donors (Lipinski definition) is 0. The molecule has 1 aliphatic rings. The first-order valence-electron chi connectivity index (χ1n) is 12.3. The fourth-order valence-corrected chi connectivity index (χ4v) is 5.76. The fourth-order valence-electron chi connectivity index (χ4n) is 4.30. The van der Waals surface area contributed by atoms with Gasteiger partial charge in [-0.25, -0.2) is 12.8 Å². The zero-order valence-corrected chi connectivity index (χ0v) is 22.0. The van der Waals surface area contributed by atoms with Gasteiger partial charge in [-0.2, -0.15) is 17.5 Å². The van der Waals surface area contributed by atoms with E-state index in [1.165, 1.54) is 29.2 Å². The number of carbonyl (C=O) groups is 1. The number of amides is 1. The number of nitrogens with zero attached hydrogens (tertiary/aromatic N) is 2. The second-order valence-corrected chi connectivity index (χ2v) is 11.3. The number of carbonyl (C=O) groups excluding carboxylic acids is 1. The first-order chi connectivity index (χ1) is 18.4. The number of alkyl halides is 3. The minimum Gasteiger partial charge on any atom is -0.464 e. The lowest BCUT2D eigenvalue weighted by molar-refractivity contribution is -0.137. The number of ether oxygens (including phenoxy) is 1. The summed E-state index contributed by atoms with van der Waals surface area (Å²) >= 11 is 0. The molecule has 0 saturated carbocycles. The van der Waals surface area contributed by atoms with Crippen molar-refractivity contribution in [2.45, 2.75) is 50.0 Å². The lowest BCUT2D eigenvalue weighted by Gasteiger charge is -2.28. The SMILES string of the molecule is Cc1ccc(CN(Cc2ccc(F)cc2)C(=O)CN(CC2CCCO2)S(=O)(=O)c2cccc(C(F)(F)F)c2)o1. The predicted octanol–water partition coefficient (Wildman–Crippen LogP) is 5.14. The molecule has 2 aromatic carbocycles. The fraction of sp³-hybridized carbons (Fsp3) is 0.370. The van der Waals surface area contributed by atoms with Crippen molar-refractivity contribution in [3.05, 3.63) is 89.1 Å². The van der Waals surface area contributed by atoms with Crippen LogP contribution in [0.2, 0.25) is 0 Å². The normalized spacial score (nSPS) is 16.1. The largest absolute Gasteiger partial charge is 0.464 e. The molecule has 2 heterocycles. The van der Waals surface area contributed by atoms with Crippen molar-refractivity contribution in [3.63, 3.8) is 0 Å². The van der Waals surface area contributed by atoms with Crippen LogP contribution in [0.5, 0.6) is 0 Å². The van der Waals surface area contributed by atoms with Gasteiger partial charge in [0, 0.05) is 19.7 Å². The second-order valence-electron chi connectivity index (χ2n) is 9.35. The molecule has 210 valence electrons. The smallest absolute Gasteiger partial charge is 0.416 e. The van der Waals surface area contributed by atoms with E-state index in [2.05, 4.69) is 0 Å². The molecule has 1 fully saturated rings. The van der Waals surface area contributed by atoms with Crippen LogP contribution in [0.3, 0.4) is 0 Å². The van der Waals surface area contributed by atoms with E-state index in [9.17, 15) is 30.8 Å². The van der Waals surface area contributed by atoms with E-state index >= 15 is 0 Å². The molecule has 1 amide bonds. The van der Waals surface area contributed by atoms with Crippen LogP contribution in [0.25, 0.3) is 0 Å². The highest BCUT2D eigenvalue weighted by molar-refractivity contribution is 7.89. The number of furan rings is 1. The Morgan fingerprint density at radius 3 is 2.41 bits per heavy atom. The van der Waals surface area contributed by atoms with Crippen molar-refractivity contribution in [3.8, 4) is 0 Å². The number of sulfonamides is 1. The molecule has 39 heavy (non-hydrogen) atoms. The molecule has 4 rings (SSSR count). The summed E-state index contributed by atoms with van der Waals surface area (Å²) in [6, 6.07) is 12.3. The summed E-state index contributed by atoms with van der Waals surface area (Å²) in [5.74, 6) is 0.0100. The first-order valence-corrected chi connectivity index (χ1v) is 13.7. The Labute approximate surface area is 224 Å². The summed E-state index contributed by atoms with van der Waals surface area (Å²) in [6.07, 6.45) is -4.00. The van der Waals surface area contributed by atoms with Gasteiger partial charge in [0.2, 0.25) is 15.9 Å². The molecule has 1 unspecified atom stereocenters. The first kappa shape index (κ1) is 28.8. The molecule has 0 N–H and O–H groups in total. The maximum Gasteiger partial charge on any atom is 0.416 e. The Kier molecular flexibility index (Phi) is 8.77. The Balaban J connectivity index is 1.64. The molecule has 0 aliphatic carbocycles. The molecule has 12 heteroatoms. The minimum absolute atomic E-state index is 0.00141. The summed E-state index contributed by atoms with van der Waals surface area (Å²) in [5.41, 5.74) is -0.516. The highest BCUT2D eigenvalue weighted by Gasteiger charge is 2.35. The van der Waals surface area contributed by atoms with E-state index in [-0.39, 0.29) is 19.6 Å². The second kappa shape index (κ2) is 11.9. The standard InChI is InChI=1S/C27H28F4N2O5S/c1-19-7-12-24(38-19)16-32(15-20-8-10-22(28)11-9-20)26(34)18-33(17-23-5-3-13-37-23)39(35,36)25-6-2-4-21(14-25)27(29,30)31/h2,4,6-12,14,23H,3,5,13,15-18H2,1H3. The van der Waals surface area contributed by atoms with E-state index in [0.717, 1.165) is 22.5 Å². The van der Waals surface area contributed by atoms with Gasteiger partial charge in [0.25, 0.3) is 0 Å². The molecule has 1 saturated heterocycles. The predicted molar refractivity (Wildman–Crippen MR) is 133 cm³/mol. The van der Waals surface area contributed by atoms with Gasteiger partial charge in [-0.3, -0.25) is 4.79 Å². The van der Waals surface area contributed by atoms with Crippen LogP contribution in [0.1, 0.15) is 35.5 Å². The van der Waals surface area contributed by atoms with Crippen LogP contribution in [0.4, 0.5) is 17.6 Å². The number of aryl methyl sites for hydroxylation is 1. The molecule has 3 aromatic rings. The summed E-state index contributed by atoms with van der Waals surface area (Å²) < 4.78 is 92.6. The van der Waals surface area contributed by atoms with Gasteiger partial charge in [-0.05, 0) is 67.8 Å². The monoisotopic (exact) mass is 568 g/mol. The molecule has 0 radical (unpaired) electrons. The zero-order valence-electron chi connectivity index (χ0n) is 21.2. The summed E-state index contributed by atoms with van der Waals surface area (Å²) in [5, 5.41) is 0. The maximum atomic E-state index is 13.6. The summed E-state index contributed by atoms with van der Waals surface area (Å²) in [4.78, 5) is 14.4. The molecule has 7 nitrogen and oxygen atoms in total. The van der Waals surface area contributed by atoms with Gasteiger partial charge in [0.1, 0.15) is 17.3 Å². The number of hydrogen-bond acceptors (Lipinski definition) is 5. The van der Waals surface area contributed by atoms with Crippen molar-refractivity contribution in [2.75, 3.05) is 19.7 Å². The van der Waals surface area contributed by atoms with Gasteiger partial charge >= 0.3 is 6.18 Å². The van der Waals surface area contributed by atoms with E-state index in [4.69, 9.17) is 9.15 Å². The van der Waals surface area contributed by atoms with Crippen molar-refractivity contribution >= 4 is 15.9 Å². The van der Waals surface area contributed by atoms with Crippen LogP contribution in [0.15, 0.2) is 70.0 Å². The number of halogens is 4. The van der Waals surface area contributed by atoms with Crippen LogP contribution in [0, 0.1) is 12.7 Å². The lowest BCUT2D eigenvalue weighted by Crippen LogP contribution is -2.45. The molecular formula is C27H28F4N2O5S. The van der Waals surface area contributed by atoms with Crippen molar-refractivity contribution in [2.24, 2.45) is 0 Å². The molecule has 0 spiro atoms. The van der Waals surface area contributed by atoms with Gasteiger partial charge < -0.3 is 14.1 Å². The molecule has 1 atom stereocenters. The van der Waals surface area contributed by atoms with Gasteiger partial charge in [-0.15, -0.1) is 0 Å². The topological polar surface area (TPSA) is 80.1 Å². The third kappa shape index (κ3) is 7.46. The Morgan fingerprint density at radius 1 is 1.05 bits per heavy atom. The minimum atomic E-state index is -4.74. The highest BCUT2D eigenvalue weighted by atomic mass is 32.2. The molecule has 1 aliphatic heterocycles. The maximum absolute atomic E-state index is 13.6. The molecular weight excluding hydrogens is 540 g/mol. The summed E-state index contributed by atoms with van der Waals surface area (Å²) in [7, 11) is -4.51. The number of rotatable bonds is 10. The zero-order chi connectivity index (χ0) is 28.2. The third-order valence-electron chi connectivity index (χ3n) is 6.32. The van der Waals surface area contributed by atoms with Crippen molar-refractivity contribution < 1.29 is 39.9 Å². The van der Waals surface area contributed by atoms with E-state index in [1.54, 1.807) is 19.1 Å². The third-order valence-corrected chi connectivity index (χ3v) is 8.13. The Bertz CT molecular complexity index is 1380. The molecule has 1 aromatic heterocycles. The van der Waals surface area contributed by atoms with Gasteiger partial charge in [-0.1, -0.05) is 18.2 Å². The van der Waals surface area contributed by atoms with Gasteiger partial charge in [0.15, 0.2) is 0 Å². The van der Waals surface area contributed by atoms with E-state index in [0.29, 0.717) is 42.6 Å². The Hall–Kier alpha value is -3.22.